The SMILES string of the molecule is CC(=O)Nc1ccc(/C=N\NC(=O)CN2CCSCC2)cc1. The van der Waals surface area contributed by atoms with Gasteiger partial charge >= 0.3 is 0 Å². The molecule has 6 nitrogen and oxygen atoms in total. The molecule has 118 valence electrons. The third kappa shape index (κ3) is 5.87. The molecule has 0 atom stereocenters. The summed E-state index contributed by atoms with van der Waals surface area (Å²) >= 11 is 1.92. The van der Waals surface area contributed by atoms with Crippen molar-refractivity contribution < 1.29 is 9.59 Å². The Morgan fingerprint density at radius 2 is 1.95 bits per heavy atom. The number of hydrogen-bond acceptors (Lipinski definition) is 5. The van der Waals surface area contributed by atoms with Gasteiger partial charge in [-0.2, -0.15) is 16.9 Å². The lowest BCUT2D eigenvalue weighted by Gasteiger charge is -2.24. The number of thioether (sulfide) groups is 1. The molecule has 1 heterocycles. The summed E-state index contributed by atoms with van der Waals surface area (Å²) in [7, 11) is 0. The predicted molar refractivity (Wildman–Crippen MR) is 90.2 cm³/mol. The average Bonchev–Trinajstić information content (AvgIpc) is 2.49. The summed E-state index contributed by atoms with van der Waals surface area (Å²) < 4.78 is 0. The number of amides is 2. The smallest absolute Gasteiger partial charge is 0.254 e. The third-order valence-corrected chi connectivity index (χ3v) is 4.05. The van der Waals surface area contributed by atoms with Crippen molar-refractivity contribution in [2.24, 2.45) is 5.10 Å². The van der Waals surface area contributed by atoms with Crippen molar-refractivity contribution in [1.82, 2.24) is 10.3 Å². The van der Waals surface area contributed by atoms with Crippen molar-refractivity contribution >= 4 is 35.5 Å². The zero-order chi connectivity index (χ0) is 15.8. The van der Waals surface area contributed by atoms with Crippen LogP contribution < -0.4 is 10.7 Å². The Labute approximate surface area is 134 Å². The van der Waals surface area contributed by atoms with Crippen molar-refractivity contribution in [3.63, 3.8) is 0 Å². The van der Waals surface area contributed by atoms with E-state index in [4.69, 9.17) is 0 Å². The molecule has 2 rings (SSSR count). The number of benzene rings is 1. The zero-order valence-electron chi connectivity index (χ0n) is 12.5. The van der Waals surface area contributed by atoms with Gasteiger partial charge in [0.25, 0.3) is 5.91 Å². The fraction of sp³-hybridized carbons (Fsp3) is 0.400. The molecule has 7 heteroatoms. The van der Waals surface area contributed by atoms with Crippen LogP contribution in [0, 0.1) is 0 Å². The molecule has 1 aliphatic rings. The third-order valence-electron chi connectivity index (χ3n) is 3.10. The number of hydrazone groups is 1. The molecule has 1 aromatic carbocycles. The lowest BCUT2D eigenvalue weighted by molar-refractivity contribution is -0.122. The number of rotatable bonds is 5. The quantitative estimate of drug-likeness (QED) is 0.630. The molecule has 2 amide bonds. The summed E-state index contributed by atoms with van der Waals surface area (Å²) in [4.78, 5) is 24.8. The molecule has 0 radical (unpaired) electrons. The van der Waals surface area contributed by atoms with Crippen LogP contribution in [0.25, 0.3) is 0 Å². The van der Waals surface area contributed by atoms with Crippen molar-refractivity contribution in [2.75, 3.05) is 36.5 Å². The maximum atomic E-state index is 11.8. The van der Waals surface area contributed by atoms with Crippen molar-refractivity contribution in [2.45, 2.75) is 6.92 Å². The first-order valence-electron chi connectivity index (χ1n) is 7.13. The molecule has 0 saturated carbocycles. The van der Waals surface area contributed by atoms with E-state index in [2.05, 4.69) is 20.7 Å². The Hall–Kier alpha value is -1.86. The van der Waals surface area contributed by atoms with Gasteiger partial charge in [0.2, 0.25) is 5.91 Å². The summed E-state index contributed by atoms with van der Waals surface area (Å²) in [5.74, 6) is 1.96. The first kappa shape index (κ1) is 16.5. The monoisotopic (exact) mass is 320 g/mol. The molecule has 0 spiro atoms. The van der Waals surface area contributed by atoms with Crippen molar-refractivity contribution in [3.05, 3.63) is 29.8 Å². The van der Waals surface area contributed by atoms with E-state index in [0.717, 1.165) is 35.8 Å². The van der Waals surface area contributed by atoms with Crippen LogP contribution in [0.1, 0.15) is 12.5 Å². The molecule has 22 heavy (non-hydrogen) atoms. The van der Waals surface area contributed by atoms with Crippen LogP contribution >= 0.6 is 11.8 Å². The maximum Gasteiger partial charge on any atom is 0.254 e. The van der Waals surface area contributed by atoms with E-state index < -0.39 is 0 Å². The van der Waals surface area contributed by atoms with Gasteiger partial charge in [0.05, 0.1) is 12.8 Å². The second kappa shape index (κ2) is 8.55. The number of nitrogens with zero attached hydrogens (tertiary/aromatic N) is 2. The van der Waals surface area contributed by atoms with E-state index in [-0.39, 0.29) is 11.8 Å². The van der Waals surface area contributed by atoms with Crippen LogP contribution in [0.2, 0.25) is 0 Å². The number of anilines is 1. The Balaban J connectivity index is 1.76. The van der Waals surface area contributed by atoms with E-state index in [1.165, 1.54) is 6.92 Å². The summed E-state index contributed by atoms with van der Waals surface area (Å²) in [6, 6.07) is 7.22. The number of carbonyl (C=O) groups excluding carboxylic acids is 2. The van der Waals surface area contributed by atoms with Gasteiger partial charge in [-0.25, -0.2) is 5.43 Å². The highest BCUT2D eigenvalue weighted by Gasteiger charge is 2.13. The molecular formula is C15H20N4O2S. The molecule has 1 aliphatic heterocycles. The summed E-state index contributed by atoms with van der Waals surface area (Å²) in [6.45, 7) is 3.75. The van der Waals surface area contributed by atoms with Gasteiger partial charge < -0.3 is 5.32 Å². The average molecular weight is 320 g/mol. The first-order chi connectivity index (χ1) is 10.6. The summed E-state index contributed by atoms with van der Waals surface area (Å²) in [5.41, 5.74) is 4.12. The van der Waals surface area contributed by atoms with Crippen molar-refractivity contribution in [1.29, 1.82) is 0 Å². The number of carbonyl (C=O) groups is 2. The molecule has 0 bridgehead atoms. The molecular weight excluding hydrogens is 300 g/mol. The van der Waals surface area contributed by atoms with Crippen LogP contribution in [0.3, 0.4) is 0 Å². The van der Waals surface area contributed by atoms with Gasteiger partial charge in [-0.15, -0.1) is 0 Å². The first-order valence-corrected chi connectivity index (χ1v) is 8.28. The van der Waals surface area contributed by atoms with Crippen LogP contribution in [-0.4, -0.2) is 54.1 Å². The molecule has 0 aliphatic carbocycles. The zero-order valence-corrected chi connectivity index (χ0v) is 13.4. The van der Waals surface area contributed by atoms with Crippen LogP contribution in [0.5, 0.6) is 0 Å². The largest absolute Gasteiger partial charge is 0.326 e. The summed E-state index contributed by atoms with van der Waals surface area (Å²) in [5, 5.41) is 6.65. The minimum Gasteiger partial charge on any atom is -0.326 e. The number of nitrogens with one attached hydrogen (secondary N) is 2. The van der Waals surface area contributed by atoms with Gasteiger partial charge in [-0.3, -0.25) is 14.5 Å². The fourth-order valence-corrected chi connectivity index (χ4v) is 3.01. The minimum absolute atomic E-state index is 0.0991. The van der Waals surface area contributed by atoms with Gasteiger partial charge in [-0.05, 0) is 17.7 Å². The molecule has 1 aromatic rings. The van der Waals surface area contributed by atoms with E-state index in [9.17, 15) is 9.59 Å². The van der Waals surface area contributed by atoms with Gasteiger partial charge in [0, 0.05) is 37.2 Å². The topological polar surface area (TPSA) is 73.8 Å². The fourth-order valence-electron chi connectivity index (χ4n) is 2.03. The van der Waals surface area contributed by atoms with Gasteiger partial charge in [0.1, 0.15) is 0 Å². The molecule has 1 fully saturated rings. The second-order valence-electron chi connectivity index (χ2n) is 4.98. The van der Waals surface area contributed by atoms with E-state index in [0.29, 0.717) is 6.54 Å². The van der Waals surface area contributed by atoms with E-state index in [1.54, 1.807) is 18.3 Å². The molecule has 0 unspecified atom stereocenters. The van der Waals surface area contributed by atoms with Gasteiger partial charge in [-0.1, -0.05) is 12.1 Å². The Bertz CT molecular complexity index is 539. The highest BCUT2D eigenvalue weighted by molar-refractivity contribution is 7.99. The Kier molecular flexibility index (Phi) is 6.42. The summed E-state index contributed by atoms with van der Waals surface area (Å²) in [6.07, 6.45) is 1.58. The van der Waals surface area contributed by atoms with Gasteiger partial charge in [0.15, 0.2) is 0 Å². The predicted octanol–water partition coefficient (Wildman–Crippen LogP) is 1.14. The Morgan fingerprint density at radius 1 is 1.27 bits per heavy atom. The minimum atomic E-state index is -0.107. The highest BCUT2D eigenvalue weighted by atomic mass is 32.2. The molecule has 1 saturated heterocycles. The lowest BCUT2D eigenvalue weighted by Crippen LogP contribution is -2.40. The highest BCUT2D eigenvalue weighted by Crippen LogP contribution is 2.09. The standard InChI is InChI=1S/C15H20N4O2S/c1-12(20)17-14-4-2-13(3-5-14)10-16-18-15(21)11-19-6-8-22-9-7-19/h2-5,10H,6-9,11H2,1H3,(H,17,20)(H,18,21)/b16-10-. The van der Waals surface area contributed by atoms with Crippen molar-refractivity contribution in [3.8, 4) is 0 Å². The lowest BCUT2D eigenvalue weighted by atomic mass is 10.2. The normalized spacial score (nSPS) is 15.7. The second-order valence-corrected chi connectivity index (χ2v) is 6.21. The van der Waals surface area contributed by atoms with Crippen LogP contribution in [0.4, 0.5) is 5.69 Å². The van der Waals surface area contributed by atoms with E-state index >= 15 is 0 Å². The molecule has 2 N–H and O–H groups in total. The Morgan fingerprint density at radius 3 is 2.59 bits per heavy atom. The molecule has 0 aromatic heterocycles. The maximum absolute atomic E-state index is 11.8. The van der Waals surface area contributed by atoms with Crippen LogP contribution in [-0.2, 0) is 9.59 Å². The number of hydrogen-bond donors (Lipinski definition) is 2. The van der Waals surface area contributed by atoms with Crippen LogP contribution in [0.15, 0.2) is 29.4 Å². The van der Waals surface area contributed by atoms with E-state index in [1.807, 2.05) is 23.9 Å².